The molecule has 5 heteroatoms. The van der Waals surface area contributed by atoms with Crippen LogP contribution in [0.1, 0.15) is 5.56 Å². The van der Waals surface area contributed by atoms with E-state index < -0.39 is 5.76 Å². The summed E-state index contributed by atoms with van der Waals surface area (Å²) in [6, 6.07) is 7.44. The molecule has 0 spiro atoms. The summed E-state index contributed by atoms with van der Waals surface area (Å²) in [5.74, 6) is -0.448. The normalized spacial score (nSPS) is 10.9. The number of nitrogens with one attached hydrogen (secondary N) is 1. The van der Waals surface area contributed by atoms with Crippen LogP contribution in [0.4, 0.5) is 0 Å². The Balaban J connectivity index is 2.21. The average molecular weight is 241 g/mol. The number of rotatable bonds is 2. The standard InChI is InChI=1S/C13H11N3O2/c14-6-9-7-15-4-3-10(9)8-1-2-12-11(5-8)16-13(17)18-12/h1-5,7H,6,14H2,(H,16,17). The molecule has 2 aromatic heterocycles. The van der Waals surface area contributed by atoms with Gasteiger partial charge >= 0.3 is 5.76 Å². The van der Waals surface area contributed by atoms with E-state index in [0.717, 1.165) is 16.7 Å². The van der Waals surface area contributed by atoms with Crippen molar-refractivity contribution < 1.29 is 4.42 Å². The van der Waals surface area contributed by atoms with Crippen LogP contribution in [0.25, 0.3) is 22.2 Å². The molecule has 2 heterocycles. The van der Waals surface area contributed by atoms with Gasteiger partial charge in [0.05, 0.1) is 5.52 Å². The number of hydrogen-bond donors (Lipinski definition) is 2. The van der Waals surface area contributed by atoms with Gasteiger partial charge in [-0.3, -0.25) is 9.97 Å². The van der Waals surface area contributed by atoms with Gasteiger partial charge in [0.1, 0.15) is 0 Å². The number of nitrogens with two attached hydrogens (primary N) is 1. The summed E-state index contributed by atoms with van der Waals surface area (Å²) in [5, 5.41) is 0. The zero-order chi connectivity index (χ0) is 12.5. The Morgan fingerprint density at radius 1 is 1.33 bits per heavy atom. The van der Waals surface area contributed by atoms with Gasteiger partial charge in [-0.2, -0.15) is 0 Å². The predicted octanol–water partition coefficient (Wildman–Crippen LogP) is 1.64. The first-order valence-electron chi connectivity index (χ1n) is 5.54. The molecule has 0 aliphatic heterocycles. The fraction of sp³-hybridized carbons (Fsp3) is 0.0769. The highest BCUT2D eigenvalue weighted by molar-refractivity contribution is 5.80. The maximum Gasteiger partial charge on any atom is 0.417 e. The first-order chi connectivity index (χ1) is 8.78. The van der Waals surface area contributed by atoms with E-state index in [1.54, 1.807) is 18.5 Å². The highest BCUT2D eigenvalue weighted by Gasteiger charge is 2.07. The van der Waals surface area contributed by atoms with Crippen LogP contribution in [0, 0.1) is 0 Å². The molecule has 0 saturated heterocycles. The molecule has 0 radical (unpaired) electrons. The van der Waals surface area contributed by atoms with Gasteiger partial charge in [0, 0.05) is 18.9 Å². The molecule has 0 saturated carbocycles. The maximum absolute atomic E-state index is 11.1. The Morgan fingerprint density at radius 3 is 3.06 bits per heavy atom. The van der Waals surface area contributed by atoms with E-state index in [1.165, 1.54) is 0 Å². The molecule has 3 N–H and O–H groups in total. The van der Waals surface area contributed by atoms with E-state index in [-0.39, 0.29) is 0 Å². The largest absolute Gasteiger partial charge is 0.417 e. The van der Waals surface area contributed by atoms with Crippen molar-refractivity contribution in [2.75, 3.05) is 0 Å². The highest BCUT2D eigenvalue weighted by Crippen LogP contribution is 2.25. The smallest absolute Gasteiger partial charge is 0.408 e. The molecule has 3 aromatic rings. The van der Waals surface area contributed by atoms with Crippen molar-refractivity contribution in [2.45, 2.75) is 6.54 Å². The number of aromatic nitrogens is 2. The number of nitrogens with zero attached hydrogens (tertiary/aromatic N) is 1. The minimum Gasteiger partial charge on any atom is -0.408 e. The second kappa shape index (κ2) is 4.12. The lowest BCUT2D eigenvalue weighted by molar-refractivity contribution is 0.555. The molecule has 0 fully saturated rings. The zero-order valence-corrected chi connectivity index (χ0v) is 9.51. The maximum atomic E-state index is 11.1. The predicted molar refractivity (Wildman–Crippen MR) is 68.0 cm³/mol. The number of pyridine rings is 1. The molecule has 0 aliphatic rings. The van der Waals surface area contributed by atoms with Gasteiger partial charge in [-0.05, 0) is 34.9 Å². The first kappa shape index (κ1) is 10.7. The average Bonchev–Trinajstić information content (AvgIpc) is 2.77. The van der Waals surface area contributed by atoms with Gasteiger partial charge in [-0.15, -0.1) is 0 Å². The van der Waals surface area contributed by atoms with Crippen LogP contribution in [0.3, 0.4) is 0 Å². The van der Waals surface area contributed by atoms with Crippen molar-refractivity contribution in [1.29, 1.82) is 0 Å². The molecular weight excluding hydrogens is 230 g/mol. The van der Waals surface area contributed by atoms with E-state index in [4.69, 9.17) is 10.2 Å². The topological polar surface area (TPSA) is 84.9 Å². The second-order valence-corrected chi connectivity index (χ2v) is 3.96. The monoisotopic (exact) mass is 241 g/mol. The SMILES string of the molecule is NCc1cnccc1-c1ccc2oc(=O)[nH]c2c1. The molecular formula is C13H11N3O2. The van der Waals surface area contributed by atoms with Gasteiger partial charge in [0.25, 0.3) is 0 Å². The van der Waals surface area contributed by atoms with E-state index in [1.807, 2.05) is 18.2 Å². The molecule has 0 bridgehead atoms. The summed E-state index contributed by atoms with van der Waals surface area (Å²) < 4.78 is 4.97. The minimum absolute atomic E-state index is 0.420. The number of fused-ring (bicyclic) bond motifs is 1. The molecule has 0 atom stereocenters. The molecule has 1 aromatic carbocycles. The van der Waals surface area contributed by atoms with E-state index in [9.17, 15) is 4.79 Å². The third-order valence-electron chi connectivity index (χ3n) is 2.85. The molecule has 90 valence electrons. The Labute approximate surface area is 102 Å². The molecule has 0 unspecified atom stereocenters. The van der Waals surface area contributed by atoms with Crippen LogP contribution in [-0.2, 0) is 6.54 Å². The Bertz CT molecular complexity index is 758. The van der Waals surface area contributed by atoms with Gasteiger partial charge in [-0.1, -0.05) is 6.07 Å². The van der Waals surface area contributed by atoms with E-state index in [2.05, 4.69) is 9.97 Å². The van der Waals surface area contributed by atoms with E-state index in [0.29, 0.717) is 17.6 Å². The van der Waals surface area contributed by atoms with Crippen molar-refractivity contribution in [2.24, 2.45) is 5.73 Å². The van der Waals surface area contributed by atoms with Crippen LogP contribution in [-0.4, -0.2) is 9.97 Å². The Morgan fingerprint density at radius 2 is 2.22 bits per heavy atom. The van der Waals surface area contributed by atoms with Gasteiger partial charge < -0.3 is 10.2 Å². The molecule has 3 rings (SSSR count). The lowest BCUT2D eigenvalue weighted by Gasteiger charge is -2.06. The lowest BCUT2D eigenvalue weighted by Crippen LogP contribution is -1.99. The van der Waals surface area contributed by atoms with Crippen molar-refractivity contribution in [1.82, 2.24) is 9.97 Å². The van der Waals surface area contributed by atoms with Crippen LogP contribution in [0.2, 0.25) is 0 Å². The van der Waals surface area contributed by atoms with Crippen LogP contribution in [0.15, 0.2) is 45.9 Å². The van der Waals surface area contributed by atoms with E-state index >= 15 is 0 Å². The lowest BCUT2D eigenvalue weighted by atomic mass is 10.0. The van der Waals surface area contributed by atoms with Crippen molar-refractivity contribution in [3.63, 3.8) is 0 Å². The van der Waals surface area contributed by atoms with Gasteiger partial charge in [0.2, 0.25) is 0 Å². The number of H-pyrrole nitrogens is 1. The summed E-state index contributed by atoms with van der Waals surface area (Å²) in [4.78, 5) is 17.8. The van der Waals surface area contributed by atoms with Crippen LogP contribution < -0.4 is 11.5 Å². The fourth-order valence-corrected chi connectivity index (χ4v) is 1.99. The summed E-state index contributed by atoms with van der Waals surface area (Å²) in [7, 11) is 0. The third-order valence-corrected chi connectivity index (χ3v) is 2.85. The van der Waals surface area contributed by atoms with Crippen LogP contribution >= 0.6 is 0 Å². The molecule has 0 amide bonds. The molecule has 0 aliphatic carbocycles. The third kappa shape index (κ3) is 1.70. The van der Waals surface area contributed by atoms with Crippen molar-refractivity contribution >= 4 is 11.1 Å². The number of oxazole rings is 1. The Hall–Kier alpha value is -2.40. The van der Waals surface area contributed by atoms with Crippen molar-refractivity contribution in [3.05, 3.63) is 52.8 Å². The minimum atomic E-state index is -0.448. The number of hydrogen-bond acceptors (Lipinski definition) is 4. The number of aromatic amines is 1. The number of benzene rings is 1. The molecule has 18 heavy (non-hydrogen) atoms. The summed E-state index contributed by atoms with van der Waals surface area (Å²) in [6.45, 7) is 0.420. The Kier molecular flexibility index (Phi) is 2.46. The van der Waals surface area contributed by atoms with Gasteiger partial charge in [0.15, 0.2) is 5.58 Å². The summed E-state index contributed by atoms with van der Waals surface area (Å²) in [6.07, 6.45) is 3.47. The second-order valence-electron chi connectivity index (χ2n) is 3.96. The summed E-state index contributed by atoms with van der Waals surface area (Å²) >= 11 is 0. The quantitative estimate of drug-likeness (QED) is 0.714. The first-order valence-corrected chi connectivity index (χ1v) is 5.54. The van der Waals surface area contributed by atoms with Crippen molar-refractivity contribution in [3.8, 4) is 11.1 Å². The summed E-state index contributed by atoms with van der Waals surface area (Å²) in [5.41, 5.74) is 9.86. The van der Waals surface area contributed by atoms with Crippen LogP contribution in [0.5, 0.6) is 0 Å². The zero-order valence-electron chi connectivity index (χ0n) is 9.51. The highest BCUT2D eigenvalue weighted by atomic mass is 16.4. The van der Waals surface area contributed by atoms with Gasteiger partial charge in [-0.25, -0.2) is 4.79 Å². The fourth-order valence-electron chi connectivity index (χ4n) is 1.99. The molecule has 5 nitrogen and oxygen atoms in total.